The molecule has 0 aromatic carbocycles. The topological polar surface area (TPSA) is 17.1 Å². The van der Waals surface area contributed by atoms with E-state index in [1.807, 2.05) is 0 Å². The average Bonchev–Trinajstić information content (AvgIpc) is 1.21. The second kappa shape index (κ2) is 3.51. The van der Waals surface area contributed by atoms with Crippen LogP contribution >= 0.6 is 26.5 Å². The Morgan fingerprint density at radius 2 is 1.88 bits per heavy atom. The summed E-state index contributed by atoms with van der Waals surface area (Å²) in [5.41, 5.74) is 0. The average molecular weight is 286 g/mol. The molecule has 0 atom stereocenters. The van der Waals surface area contributed by atoms with Gasteiger partial charge in [-0.05, 0) is 0 Å². The monoisotopic (exact) mass is 284 g/mol. The molecule has 0 saturated heterocycles. The number of hydrogen-bond acceptors (Lipinski definition) is 1. The van der Waals surface area contributed by atoms with Crippen molar-refractivity contribution < 1.29 is 4.79 Å². The van der Waals surface area contributed by atoms with Crippen LogP contribution in [0.5, 0.6) is 0 Å². The second-order valence-electron chi connectivity index (χ2n) is 1.49. The molecular formula is C3H6Cl3OSb. The summed E-state index contributed by atoms with van der Waals surface area (Å²) in [5.74, 6) is -0.0270. The molecular weight excluding hydrogens is 280 g/mol. The van der Waals surface area contributed by atoms with Crippen molar-refractivity contribution in [3.05, 3.63) is 0 Å². The number of rotatable bonds is 2. The van der Waals surface area contributed by atoms with Gasteiger partial charge in [-0.15, -0.1) is 0 Å². The van der Waals surface area contributed by atoms with E-state index in [-0.39, 0.29) is 10.2 Å². The number of carbonyl (C=O) groups excluding carboxylic acids is 1. The van der Waals surface area contributed by atoms with Crippen LogP contribution in [0.3, 0.4) is 0 Å². The first-order valence-corrected chi connectivity index (χ1v) is 14.8. The third kappa shape index (κ3) is 7.36. The Hall–Kier alpha value is 1.36. The Morgan fingerprint density at radius 3 is 1.88 bits per heavy atom. The molecule has 0 spiro atoms. The fourth-order valence-corrected chi connectivity index (χ4v) is 5.68. The second-order valence-corrected chi connectivity index (χ2v) is 22.9. The Labute approximate surface area is 63.3 Å². The maximum absolute atomic E-state index is 10.3. The molecule has 0 radical (unpaired) electrons. The summed E-state index contributed by atoms with van der Waals surface area (Å²) in [6, 6.07) is 0. The van der Waals surface area contributed by atoms with Crippen molar-refractivity contribution in [2.75, 3.05) is 0 Å². The molecule has 0 aliphatic rings. The standard InChI is InChI=1S/C3H5O.3ClH.Sb.H/c1-3(2)4;;;;;/h1H2,2H3;3*1H;;/q;;;;+3;/p-3. The molecule has 0 aromatic heterocycles. The molecule has 0 amide bonds. The summed E-state index contributed by atoms with van der Waals surface area (Å²) in [6.07, 6.45) is 0. The minimum atomic E-state index is -3.29. The van der Waals surface area contributed by atoms with Gasteiger partial charge in [0, 0.05) is 0 Å². The molecule has 0 aliphatic carbocycles. The van der Waals surface area contributed by atoms with Gasteiger partial charge in [0.05, 0.1) is 0 Å². The fourth-order valence-electron chi connectivity index (χ4n) is 0.282. The first-order chi connectivity index (χ1) is 3.42. The Kier molecular flexibility index (Phi) is 4.10. The predicted octanol–water partition coefficient (Wildman–Crippen LogP) is 1.96. The third-order valence-corrected chi connectivity index (χ3v) is 5.70. The van der Waals surface area contributed by atoms with Crippen molar-refractivity contribution >= 4 is 47.6 Å². The Balaban J connectivity index is 3.55. The van der Waals surface area contributed by atoms with Crippen molar-refractivity contribution in [2.24, 2.45) is 0 Å². The van der Waals surface area contributed by atoms with Gasteiger partial charge in [-0.3, -0.25) is 0 Å². The van der Waals surface area contributed by atoms with Gasteiger partial charge in [-0.1, -0.05) is 0 Å². The summed E-state index contributed by atoms with van der Waals surface area (Å²) < 4.78 is 0.194. The van der Waals surface area contributed by atoms with E-state index >= 15 is 0 Å². The van der Waals surface area contributed by atoms with E-state index in [4.69, 9.17) is 26.5 Å². The molecule has 50 valence electrons. The molecule has 0 unspecified atom stereocenters. The van der Waals surface area contributed by atoms with E-state index in [2.05, 4.69) is 0 Å². The van der Waals surface area contributed by atoms with Crippen LogP contribution in [0.1, 0.15) is 6.92 Å². The maximum atomic E-state index is 10.3. The van der Waals surface area contributed by atoms with E-state index in [0.717, 1.165) is 0 Å². The molecule has 0 rings (SSSR count). The van der Waals surface area contributed by atoms with Crippen LogP contribution in [0, 0.1) is 0 Å². The predicted molar refractivity (Wildman–Crippen MR) is 40.2 cm³/mol. The molecule has 5 heteroatoms. The molecule has 0 fully saturated rings. The summed E-state index contributed by atoms with van der Waals surface area (Å²) >= 11 is -3.29. The van der Waals surface area contributed by atoms with Crippen LogP contribution in [-0.2, 0) is 4.79 Å². The molecule has 0 N–H and O–H groups in total. The number of carbonyl (C=O) groups is 1. The molecule has 1 nitrogen and oxygen atoms in total. The third-order valence-electron chi connectivity index (χ3n) is 0.449. The van der Waals surface area contributed by atoms with Crippen molar-refractivity contribution in [3.63, 3.8) is 0 Å². The Bertz CT molecular complexity index is 97.2. The van der Waals surface area contributed by atoms with Crippen LogP contribution in [-0.4, -0.2) is 21.2 Å². The quantitative estimate of drug-likeness (QED) is 0.709. The summed E-state index contributed by atoms with van der Waals surface area (Å²) in [6.45, 7) is 1.43. The Morgan fingerprint density at radius 1 is 1.50 bits per heavy atom. The van der Waals surface area contributed by atoms with Crippen LogP contribution in [0.15, 0.2) is 0 Å². The summed E-state index contributed by atoms with van der Waals surface area (Å²) in [5, 5.41) is 0. The van der Waals surface area contributed by atoms with Gasteiger partial charge in [-0.2, -0.15) is 0 Å². The summed E-state index contributed by atoms with van der Waals surface area (Å²) in [7, 11) is 16.3. The van der Waals surface area contributed by atoms with E-state index in [0.29, 0.717) is 0 Å². The zero-order valence-corrected chi connectivity index (χ0v) is 9.37. The molecule has 0 bridgehead atoms. The van der Waals surface area contributed by atoms with Crippen LogP contribution < -0.4 is 0 Å². The first-order valence-electron chi connectivity index (χ1n) is 1.98. The molecule has 0 heterocycles. The van der Waals surface area contributed by atoms with Crippen LogP contribution in [0.4, 0.5) is 0 Å². The van der Waals surface area contributed by atoms with Crippen molar-refractivity contribution in [1.82, 2.24) is 0 Å². The van der Waals surface area contributed by atoms with Crippen molar-refractivity contribution in [3.8, 4) is 0 Å². The van der Waals surface area contributed by atoms with Crippen LogP contribution in [0.2, 0.25) is 4.37 Å². The molecule has 0 aliphatic heterocycles. The first kappa shape index (κ1) is 9.36. The number of halogens is 3. The molecule has 0 saturated carbocycles. The fraction of sp³-hybridized carbons (Fsp3) is 0.667. The van der Waals surface area contributed by atoms with E-state index in [9.17, 15) is 4.79 Å². The van der Waals surface area contributed by atoms with Gasteiger partial charge in [-0.25, -0.2) is 0 Å². The zero-order chi connectivity index (χ0) is 6.78. The van der Waals surface area contributed by atoms with Crippen molar-refractivity contribution in [1.29, 1.82) is 0 Å². The van der Waals surface area contributed by atoms with Crippen molar-refractivity contribution in [2.45, 2.75) is 11.3 Å². The zero-order valence-electron chi connectivity index (χ0n) is 4.25. The van der Waals surface area contributed by atoms with E-state index in [1.165, 1.54) is 6.92 Å². The van der Waals surface area contributed by atoms with E-state index in [1.54, 1.807) is 0 Å². The normalized spacial score (nSPS) is 13.5. The van der Waals surface area contributed by atoms with Gasteiger partial charge in [0.1, 0.15) is 0 Å². The SMILES string of the molecule is CC(=O)[CH2][SbH]([Cl])([Cl])[Cl]. The number of Topliss-reactive ketones (excluding diaryl/α,β-unsaturated/α-hetero) is 1. The van der Waals surface area contributed by atoms with Gasteiger partial charge >= 0.3 is 63.7 Å². The van der Waals surface area contributed by atoms with Crippen LogP contribution in [0.25, 0.3) is 0 Å². The number of ketones is 1. The minimum absolute atomic E-state index is 0.0270. The molecule has 8 heavy (non-hydrogen) atoms. The van der Waals surface area contributed by atoms with Gasteiger partial charge in [0.2, 0.25) is 0 Å². The van der Waals surface area contributed by atoms with Gasteiger partial charge in [0.25, 0.3) is 0 Å². The van der Waals surface area contributed by atoms with Gasteiger partial charge < -0.3 is 0 Å². The molecule has 0 aromatic rings. The summed E-state index contributed by atoms with van der Waals surface area (Å²) in [4.78, 5) is 10.3. The van der Waals surface area contributed by atoms with E-state index < -0.39 is 15.4 Å². The van der Waals surface area contributed by atoms with Gasteiger partial charge in [0.15, 0.2) is 0 Å². The number of hydrogen-bond donors (Lipinski definition) is 0.